The molecule has 5 N–H and O–H groups in total. The number of amides is 3. The topological polar surface area (TPSA) is 142 Å². The Morgan fingerprint density at radius 1 is 1.21 bits per heavy atom. The first kappa shape index (κ1) is 25.2. The zero-order valence-electron chi connectivity index (χ0n) is 17.6. The number of carbonyl (C=O) groups excluding carboxylic acids is 3. The first-order valence-electron chi connectivity index (χ1n) is 9.97. The molecule has 9 nitrogen and oxygen atoms in total. The SMILES string of the molecule is CSCCC(NC(=O)C1CCCN1C(=O)C(C)NC(=O)C(N)CC(C)C)C(=O)O. The van der Waals surface area contributed by atoms with Crippen molar-refractivity contribution in [3.05, 3.63) is 0 Å². The molecule has 10 heteroatoms. The van der Waals surface area contributed by atoms with E-state index in [1.807, 2.05) is 20.1 Å². The molecule has 0 aliphatic carbocycles. The summed E-state index contributed by atoms with van der Waals surface area (Å²) in [7, 11) is 0. The molecule has 29 heavy (non-hydrogen) atoms. The standard InChI is InChI=1S/C19H34N4O5S/c1-11(2)10-13(20)16(24)21-12(3)18(26)23-8-5-6-15(23)17(25)22-14(19(27)28)7-9-29-4/h11-15H,5-10,20H2,1-4H3,(H,21,24)(H,22,25)(H,27,28). The molecular formula is C19H34N4O5S. The second-order valence-corrected chi connectivity index (χ2v) is 8.82. The molecule has 3 amide bonds. The highest BCUT2D eigenvalue weighted by Gasteiger charge is 2.37. The highest BCUT2D eigenvalue weighted by Crippen LogP contribution is 2.19. The van der Waals surface area contributed by atoms with E-state index in [-0.39, 0.29) is 11.8 Å². The molecule has 0 aromatic heterocycles. The number of rotatable bonds is 11. The Hall–Kier alpha value is -1.81. The normalized spacial score (nSPS) is 19.5. The van der Waals surface area contributed by atoms with Gasteiger partial charge < -0.3 is 26.4 Å². The van der Waals surface area contributed by atoms with Gasteiger partial charge in [0, 0.05) is 6.54 Å². The Morgan fingerprint density at radius 2 is 1.86 bits per heavy atom. The maximum absolute atomic E-state index is 12.8. The summed E-state index contributed by atoms with van der Waals surface area (Å²) in [6, 6.07) is -3.24. The molecule has 166 valence electrons. The largest absolute Gasteiger partial charge is 0.480 e. The number of hydrogen-bond acceptors (Lipinski definition) is 6. The van der Waals surface area contributed by atoms with Crippen LogP contribution in [0.25, 0.3) is 0 Å². The Bertz CT molecular complexity index is 601. The average molecular weight is 431 g/mol. The Labute approximate surface area is 176 Å². The number of carboxylic acids is 1. The van der Waals surface area contributed by atoms with Gasteiger partial charge in [0.15, 0.2) is 0 Å². The molecule has 1 fully saturated rings. The van der Waals surface area contributed by atoms with Crippen LogP contribution in [-0.4, -0.2) is 76.4 Å². The smallest absolute Gasteiger partial charge is 0.326 e. The molecule has 1 rings (SSSR count). The number of carbonyl (C=O) groups is 4. The zero-order chi connectivity index (χ0) is 22.1. The van der Waals surface area contributed by atoms with Gasteiger partial charge in [0.1, 0.15) is 18.1 Å². The molecule has 0 radical (unpaired) electrons. The number of carboxylic acid groups (broad SMARTS) is 1. The van der Waals surface area contributed by atoms with Crippen LogP contribution in [0.4, 0.5) is 0 Å². The number of nitrogens with two attached hydrogens (primary N) is 1. The van der Waals surface area contributed by atoms with Crippen LogP contribution < -0.4 is 16.4 Å². The highest BCUT2D eigenvalue weighted by atomic mass is 32.2. The van der Waals surface area contributed by atoms with Crippen molar-refractivity contribution in [3.8, 4) is 0 Å². The zero-order valence-corrected chi connectivity index (χ0v) is 18.5. The molecule has 0 bridgehead atoms. The van der Waals surface area contributed by atoms with Crippen LogP contribution >= 0.6 is 11.8 Å². The minimum atomic E-state index is -1.09. The van der Waals surface area contributed by atoms with Crippen molar-refractivity contribution in [2.75, 3.05) is 18.6 Å². The van der Waals surface area contributed by atoms with E-state index >= 15 is 0 Å². The molecule has 4 unspecified atom stereocenters. The summed E-state index contributed by atoms with van der Waals surface area (Å²) in [6.07, 6.45) is 3.78. The van der Waals surface area contributed by atoms with Crippen molar-refractivity contribution in [1.82, 2.24) is 15.5 Å². The summed E-state index contributed by atoms with van der Waals surface area (Å²) in [6.45, 7) is 5.86. The fourth-order valence-electron chi connectivity index (χ4n) is 3.31. The van der Waals surface area contributed by atoms with Crippen LogP contribution in [0.15, 0.2) is 0 Å². The van der Waals surface area contributed by atoms with Crippen molar-refractivity contribution in [1.29, 1.82) is 0 Å². The van der Waals surface area contributed by atoms with Gasteiger partial charge in [-0.3, -0.25) is 14.4 Å². The van der Waals surface area contributed by atoms with E-state index in [4.69, 9.17) is 5.73 Å². The fraction of sp³-hybridized carbons (Fsp3) is 0.789. The summed E-state index contributed by atoms with van der Waals surface area (Å²) in [5, 5.41) is 14.5. The summed E-state index contributed by atoms with van der Waals surface area (Å²) < 4.78 is 0. The van der Waals surface area contributed by atoms with Crippen molar-refractivity contribution >= 4 is 35.5 Å². The van der Waals surface area contributed by atoms with Gasteiger partial charge in [0.2, 0.25) is 17.7 Å². The Morgan fingerprint density at radius 3 is 2.41 bits per heavy atom. The van der Waals surface area contributed by atoms with Crippen LogP contribution in [0.3, 0.4) is 0 Å². The number of hydrogen-bond donors (Lipinski definition) is 4. The molecule has 4 atom stereocenters. The lowest BCUT2D eigenvalue weighted by molar-refractivity contribution is -0.144. The predicted octanol–water partition coefficient (Wildman–Crippen LogP) is 0.178. The third-order valence-electron chi connectivity index (χ3n) is 4.86. The van der Waals surface area contributed by atoms with Crippen LogP contribution in [0.2, 0.25) is 0 Å². The Kier molecular flexibility index (Phi) is 10.5. The van der Waals surface area contributed by atoms with E-state index in [0.717, 1.165) is 0 Å². The molecule has 1 saturated heterocycles. The van der Waals surface area contributed by atoms with Gasteiger partial charge in [-0.2, -0.15) is 11.8 Å². The minimum Gasteiger partial charge on any atom is -0.480 e. The van der Waals surface area contributed by atoms with E-state index < -0.39 is 42.0 Å². The molecule has 0 aromatic carbocycles. The summed E-state index contributed by atoms with van der Waals surface area (Å²) >= 11 is 1.50. The van der Waals surface area contributed by atoms with Crippen LogP contribution in [0.1, 0.15) is 46.5 Å². The molecule has 0 aromatic rings. The van der Waals surface area contributed by atoms with Gasteiger partial charge in [-0.15, -0.1) is 0 Å². The molecule has 0 spiro atoms. The molecule has 1 aliphatic rings. The number of likely N-dealkylation sites (tertiary alicyclic amines) is 1. The van der Waals surface area contributed by atoms with E-state index in [1.165, 1.54) is 16.7 Å². The summed E-state index contributed by atoms with van der Waals surface area (Å²) in [5.74, 6) is -1.49. The highest BCUT2D eigenvalue weighted by molar-refractivity contribution is 7.98. The van der Waals surface area contributed by atoms with Gasteiger partial charge in [0.05, 0.1) is 6.04 Å². The third kappa shape index (κ3) is 7.85. The van der Waals surface area contributed by atoms with Crippen molar-refractivity contribution in [2.24, 2.45) is 11.7 Å². The van der Waals surface area contributed by atoms with E-state index in [1.54, 1.807) is 6.92 Å². The van der Waals surface area contributed by atoms with E-state index in [2.05, 4.69) is 10.6 Å². The number of thioether (sulfide) groups is 1. The Balaban J connectivity index is 2.71. The molecule has 0 saturated carbocycles. The number of nitrogens with zero attached hydrogens (tertiary/aromatic N) is 1. The molecular weight excluding hydrogens is 396 g/mol. The van der Waals surface area contributed by atoms with E-state index in [9.17, 15) is 24.3 Å². The maximum Gasteiger partial charge on any atom is 0.326 e. The van der Waals surface area contributed by atoms with Gasteiger partial charge in [-0.1, -0.05) is 13.8 Å². The molecule has 1 aliphatic heterocycles. The monoisotopic (exact) mass is 430 g/mol. The number of aliphatic carboxylic acids is 1. The maximum atomic E-state index is 12.8. The van der Waals surface area contributed by atoms with Crippen LogP contribution in [0.5, 0.6) is 0 Å². The predicted molar refractivity (Wildman–Crippen MR) is 112 cm³/mol. The quantitative estimate of drug-likeness (QED) is 0.366. The second kappa shape index (κ2) is 12.0. The lowest BCUT2D eigenvalue weighted by Gasteiger charge is -2.28. The van der Waals surface area contributed by atoms with Crippen molar-refractivity contribution in [3.63, 3.8) is 0 Å². The first-order valence-corrected chi connectivity index (χ1v) is 11.4. The van der Waals surface area contributed by atoms with Gasteiger partial charge >= 0.3 is 5.97 Å². The van der Waals surface area contributed by atoms with Crippen molar-refractivity contribution < 1.29 is 24.3 Å². The van der Waals surface area contributed by atoms with Crippen molar-refractivity contribution in [2.45, 2.75) is 70.6 Å². The van der Waals surface area contributed by atoms with Gasteiger partial charge in [-0.25, -0.2) is 4.79 Å². The van der Waals surface area contributed by atoms with Gasteiger partial charge in [0.25, 0.3) is 0 Å². The fourth-order valence-corrected chi connectivity index (χ4v) is 3.78. The van der Waals surface area contributed by atoms with Gasteiger partial charge in [-0.05, 0) is 50.5 Å². The lowest BCUT2D eigenvalue weighted by Crippen LogP contribution is -2.56. The first-order chi connectivity index (χ1) is 13.6. The van der Waals surface area contributed by atoms with E-state index in [0.29, 0.717) is 38.0 Å². The lowest BCUT2D eigenvalue weighted by atomic mass is 10.0. The van der Waals surface area contributed by atoms with Crippen LogP contribution in [0, 0.1) is 5.92 Å². The summed E-state index contributed by atoms with van der Waals surface area (Å²) in [4.78, 5) is 50.4. The second-order valence-electron chi connectivity index (χ2n) is 7.84. The summed E-state index contributed by atoms with van der Waals surface area (Å²) in [5.41, 5.74) is 5.86. The average Bonchev–Trinajstić information content (AvgIpc) is 3.13. The molecule has 1 heterocycles. The third-order valence-corrected chi connectivity index (χ3v) is 5.50. The minimum absolute atomic E-state index is 0.252. The number of nitrogens with one attached hydrogen (secondary N) is 2. The van der Waals surface area contributed by atoms with Crippen LogP contribution in [-0.2, 0) is 19.2 Å².